The molecule has 2 atom stereocenters. The van der Waals surface area contributed by atoms with Gasteiger partial charge in [0.15, 0.2) is 11.0 Å². The van der Waals surface area contributed by atoms with Crippen molar-refractivity contribution in [1.29, 1.82) is 0 Å². The topological polar surface area (TPSA) is 15.3 Å². The van der Waals surface area contributed by atoms with Crippen molar-refractivity contribution in [2.45, 2.75) is 78.9 Å². The molecule has 0 saturated heterocycles. The minimum Gasteiger partial charge on any atom is -0.342 e. The quantitative estimate of drug-likeness (QED) is 0.151. The van der Waals surface area contributed by atoms with E-state index in [0.717, 1.165) is 0 Å². The first-order valence-electron chi connectivity index (χ1n) is 18.1. The monoisotopic (exact) mass is 659 g/mol. The number of aromatic nitrogens is 2. The average molecular weight is 660 g/mol. The van der Waals surface area contributed by atoms with Crippen LogP contribution >= 0.6 is 0 Å². The molecule has 50 heavy (non-hydrogen) atoms. The van der Waals surface area contributed by atoms with Crippen molar-refractivity contribution in [1.82, 2.24) is 9.47 Å². The Kier molecular flexibility index (Phi) is 8.68. The van der Waals surface area contributed by atoms with E-state index in [1.165, 1.54) is 67.2 Å². The van der Waals surface area contributed by atoms with E-state index in [-0.39, 0.29) is 6.17 Å². The van der Waals surface area contributed by atoms with Crippen LogP contribution in [0.3, 0.4) is 0 Å². The normalized spacial score (nSPS) is 15.9. The lowest BCUT2D eigenvalue weighted by atomic mass is 9.77. The van der Waals surface area contributed by atoms with Crippen LogP contribution < -0.4 is 9.47 Å². The molecule has 0 fully saturated rings. The maximum Gasteiger partial charge on any atom is 0.295 e. The lowest BCUT2D eigenvalue weighted by Crippen LogP contribution is -2.49. The highest BCUT2D eigenvalue weighted by molar-refractivity contribution is 5.81. The summed E-state index contributed by atoms with van der Waals surface area (Å²) in [6.45, 7) is 18.6. The van der Waals surface area contributed by atoms with Gasteiger partial charge in [-0.1, -0.05) is 113 Å². The Bertz CT molecular complexity index is 2180. The van der Waals surface area contributed by atoms with Crippen molar-refractivity contribution in [2.75, 3.05) is 4.90 Å². The number of rotatable bonds is 8. The van der Waals surface area contributed by atoms with Crippen LogP contribution in [0.1, 0.15) is 86.8 Å². The summed E-state index contributed by atoms with van der Waals surface area (Å²) in [5.74, 6) is 1.94. The third kappa shape index (κ3) is 5.24. The molecule has 0 aliphatic carbocycles. The van der Waals surface area contributed by atoms with Gasteiger partial charge in [-0.25, -0.2) is 4.57 Å². The molecule has 2 heterocycles. The molecule has 0 radical (unpaired) electrons. The van der Waals surface area contributed by atoms with Gasteiger partial charge >= 0.3 is 0 Å². The fraction of sp³-hybridized carbons (Fsp3) is 0.283. The van der Waals surface area contributed by atoms with Crippen molar-refractivity contribution in [3.63, 3.8) is 0 Å². The molecule has 254 valence electrons. The second kappa shape index (κ2) is 13.0. The standard InChI is InChI=1S/C46H51N4/c1-31(2)37-22-17-23-38(32(3)4)44(37)50-43-28-16-15-27-42(43)47(9)45(50)39-24-18-26-41(34(39)6)46(8,40-25-14-13-19-33(40)5)49-30-29-48(35(49)7)36-20-11-10-12-21-36/h10-32,35H,1-9H3/q+1/t35-,46?/m0/s1. The first kappa shape index (κ1) is 33.4. The molecule has 0 spiro atoms. The highest BCUT2D eigenvalue weighted by Crippen LogP contribution is 2.46. The summed E-state index contributed by atoms with van der Waals surface area (Å²) in [7, 11) is 2.23. The number of benzene rings is 5. The zero-order valence-electron chi connectivity index (χ0n) is 31.1. The number of nitrogens with zero attached hydrogens (tertiary/aromatic N) is 4. The zero-order valence-corrected chi connectivity index (χ0v) is 31.1. The molecule has 4 heteroatoms. The lowest BCUT2D eigenvalue weighted by Gasteiger charge is -2.46. The Hall–Kier alpha value is -5.09. The molecule has 0 amide bonds. The number of fused-ring (bicyclic) bond motifs is 1. The molecule has 0 bridgehead atoms. The van der Waals surface area contributed by atoms with E-state index < -0.39 is 5.54 Å². The smallest absolute Gasteiger partial charge is 0.295 e. The van der Waals surface area contributed by atoms with Crippen LogP contribution in [0.25, 0.3) is 28.1 Å². The maximum absolute atomic E-state index is 2.56. The number of anilines is 1. The van der Waals surface area contributed by atoms with Crippen LogP contribution in [0.4, 0.5) is 5.69 Å². The summed E-state index contributed by atoms with van der Waals surface area (Å²) in [6.07, 6.45) is 4.63. The van der Waals surface area contributed by atoms with E-state index in [1.807, 2.05) is 0 Å². The van der Waals surface area contributed by atoms with Crippen LogP contribution in [-0.2, 0) is 12.6 Å². The van der Waals surface area contributed by atoms with E-state index in [1.54, 1.807) is 0 Å². The molecule has 6 aromatic rings. The summed E-state index contributed by atoms with van der Waals surface area (Å²) in [5.41, 5.74) is 13.6. The Balaban J connectivity index is 1.51. The van der Waals surface area contributed by atoms with Gasteiger partial charge in [0, 0.05) is 29.2 Å². The molecule has 0 saturated carbocycles. The number of hydrogen-bond donors (Lipinski definition) is 0. The second-order valence-corrected chi connectivity index (χ2v) is 14.7. The first-order valence-corrected chi connectivity index (χ1v) is 18.1. The number of imidazole rings is 1. The molecule has 4 nitrogen and oxygen atoms in total. The summed E-state index contributed by atoms with van der Waals surface area (Å²) in [4.78, 5) is 4.93. The van der Waals surface area contributed by atoms with Gasteiger partial charge in [0.25, 0.3) is 5.82 Å². The van der Waals surface area contributed by atoms with Crippen LogP contribution in [-0.4, -0.2) is 15.6 Å². The van der Waals surface area contributed by atoms with Gasteiger partial charge in [0.1, 0.15) is 11.9 Å². The molecule has 7 rings (SSSR count). The Morgan fingerprint density at radius 1 is 0.660 bits per heavy atom. The number of hydrogen-bond acceptors (Lipinski definition) is 2. The van der Waals surface area contributed by atoms with Gasteiger partial charge in [-0.05, 0) is 92.1 Å². The van der Waals surface area contributed by atoms with E-state index in [2.05, 4.69) is 209 Å². The van der Waals surface area contributed by atoms with Crippen molar-refractivity contribution in [2.24, 2.45) is 7.05 Å². The molecule has 5 aromatic carbocycles. The Morgan fingerprint density at radius 2 is 1.26 bits per heavy atom. The second-order valence-electron chi connectivity index (χ2n) is 14.7. The molecule has 1 aliphatic heterocycles. The summed E-state index contributed by atoms with van der Waals surface area (Å²) in [5, 5.41) is 0. The molecule has 1 aliphatic rings. The van der Waals surface area contributed by atoms with Crippen molar-refractivity contribution < 1.29 is 4.57 Å². The van der Waals surface area contributed by atoms with Crippen LogP contribution in [0.15, 0.2) is 128 Å². The minimum absolute atomic E-state index is 0.0964. The molecule has 1 aromatic heterocycles. The first-order chi connectivity index (χ1) is 24.1. The van der Waals surface area contributed by atoms with Gasteiger partial charge in [-0.15, -0.1) is 0 Å². The van der Waals surface area contributed by atoms with Crippen molar-refractivity contribution >= 4 is 16.7 Å². The van der Waals surface area contributed by atoms with Crippen molar-refractivity contribution in [3.05, 3.63) is 161 Å². The fourth-order valence-electron chi connectivity index (χ4n) is 8.51. The van der Waals surface area contributed by atoms with Crippen LogP contribution in [0, 0.1) is 13.8 Å². The Labute approximate surface area is 298 Å². The zero-order chi connectivity index (χ0) is 35.3. The maximum atomic E-state index is 2.56. The molecular formula is C46H51N4+. The van der Waals surface area contributed by atoms with Crippen LogP contribution in [0.2, 0.25) is 0 Å². The lowest BCUT2D eigenvalue weighted by molar-refractivity contribution is -0.633. The van der Waals surface area contributed by atoms with E-state index in [0.29, 0.717) is 11.8 Å². The molecular weight excluding hydrogens is 609 g/mol. The van der Waals surface area contributed by atoms with Gasteiger partial charge in [0.2, 0.25) is 0 Å². The van der Waals surface area contributed by atoms with Gasteiger partial charge in [-0.2, -0.15) is 4.57 Å². The average Bonchev–Trinajstić information content (AvgIpc) is 3.65. The summed E-state index contributed by atoms with van der Waals surface area (Å²) < 4.78 is 4.97. The predicted octanol–water partition coefficient (Wildman–Crippen LogP) is 10.9. The SMILES string of the molecule is Cc1ccccc1C(C)(c1cccc(-c2n(-c3c(C(C)C)cccc3C(C)C)c3ccccc3[n+]2C)c1C)N1C=CN(c2ccccc2)[C@@H]1C. The third-order valence-electron chi connectivity index (χ3n) is 11.1. The third-order valence-corrected chi connectivity index (χ3v) is 11.1. The highest BCUT2D eigenvalue weighted by atomic mass is 15.4. The number of para-hydroxylation sites is 4. The van der Waals surface area contributed by atoms with Gasteiger partial charge in [0.05, 0.1) is 18.2 Å². The van der Waals surface area contributed by atoms with Crippen LogP contribution in [0.5, 0.6) is 0 Å². The molecule has 0 N–H and O–H groups in total. The highest BCUT2D eigenvalue weighted by Gasteiger charge is 2.43. The van der Waals surface area contributed by atoms with Gasteiger partial charge in [-0.3, -0.25) is 0 Å². The largest absolute Gasteiger partial charge is 0.342 e. The minimum atomic E-state index is -0.459. The fourth-order valence-corrected chi connectivity index (χ4v) is 8.51. The van der Waals surface area contributed by atoms with Crippen molar-refractivity contribution in [3.8, 4) is 17.1 Å². The Morgan fingerprint density at radius 3 is 1.94 bits per heavy atom. The van der Waals surface area contributed by atoms with E-state index >= 15 is 0 Å². The van der Waals surface area contributed by atoms with Gasteiger partial charge < -0.3 is 9.80 Å². The number of aryl methyl sites for hydroxylation is 2. The van der Waals surface area contributed by atoms with E-state index in [4.69, 9.17) is 0 Å². The molecule has 1 unspecified atom stereocenters. The van der Waals surface area contributed by atoms with E-state index in [9.17, 15) is 0 Å². The predicted molar refractivity (Wildman–Crippen MR) is 210 cm³/mol. The summed E-state index contributed by atoms with van der Waals surface area (Å²) in [6, 6.07) is 42.3. The summed E-state index contributed by atoms with van der Waals surface area (Å²) >= 11 is 0.